The van der Waals surface area contributed by atoms with E-state index in [1.165, 1.54) is 12.8 Å². The number of nitrogens with zero attached hydrogens (tertiary/aromatic N) is 1. The highest BCUT2D eigenvalue weighted by Gasteiger charge is 1.95. The number of hydrogen-bond acceptors (Lipinski definition) is 1. The highest BCUT2D eigenvalue weighted by Crippen LogP contribution is 2.07. The van der Waals surface area contributed by atoms with Crippen LogP contribution in [0.1, 0.15) is 40.0 Å². The summed E-state index contributed by atoms with van der Waals surface area (Å²) in [6, 6.07) is 0. The van der Waals surface area contributed by atoms with Crippen molar-refractivity contribution in [2.24, 2.45) is 10.9 Å². The minimum atomic E-state index is 0.820. The molecule has 0 spiro atoms. The Morgan fingerprint density at radius 3 is 2.60 bits per heavy atom. The van der Waals surface area contributed by atoms with Crippen LogP contribution in [0.25, 0.3) is 0 Å². The average molecular weight is 141 g/mol. The molecule has 0 aromatic heterocycles. The third-order valence-electron chi connectivity index (χ3n) is 1.60. The first kappa shape index (κ1) is 9.67. The van der Waals surface area contributed by atoms with Crippen molar-refractivity contribution in [2.75, 3.05) is 6.54 Å². The van der Waals surface area contributed by atoms with E-state index in [2.05, 4.69) is 32.0 Å². The van der Waals surface area contributed by atoms with Gasteiger partial charge < -0.3 is 0 Å². The summed E-state index contributed by atoms with van der Waals surface area (Å²) in [5, 5.41) is 0. The van der Waals surface area contributed by atoms with Crippen molar-refractivity contribution in [3.05, 3.63) is 0 Å². The quantitative estimate of drug-likeness (QED) is 0.522. The summed E-state index contributed by atoms with van der Waals surface area (Å²) in [6.07, 6.45) is 5.83. The SMILES string of the molecule is CCCC(C)CC=NCC. The molecule has 1 heteroatoms. The normalized spacial score (nSPS) is 14.3. The van der Waals surface area contributed by atoms with E-state index in [0.29, 0.717) is 0 Å². The number of hydrogen-bond donors (Lipinski definition) is 0. The molecule has 0 saturated carbocycles. The molecule has 0 aromatic carbocycles. The first-order chi connectivity index (χ1) is 4.81. The molecule has 0 radical (unpaired) electrons. The molecule has 0 rings (SSSR count). The van der Waals surface area contributed by atoms with Gasteiger partial charge in [0.2, 0.25) is 0 Å². The Morgan fingerprint density at radius 2 is 2.10 bits per heavy atom. The maximum atomic E-state index is 4.17. The second-order valence-corrected chi connectivity index (χ2v) is 2.81. The lowest BCUT2D eigenvalue weighted by molar-refractivity contribution is 0.548. The Hall–Kier alpha value is -0.330. The van der Waals surface area contributed by atoms with E-state index in [1.807, 2.05) is 0 Å². The van der Waals surface area contributed by atoms with E-state index in [1.54, 1.807) is 0 Å². The van der Waals surface area contributed by atoms with E-state index in [0.717, 1.165) is 18.9 Å². The van der Waals surface area contributed by atoms with Crippen LogP contribution in [0, 0.1) is 5.92 Å². The standard InChI is InChI=1S/C9H19N/c1-4-6-9(3)7-8-10-5-2/h8-9H,4-7H2,1-3H3. The van der Waals surface area contributed by atoms with Crippen LogP contribution in [0.4, 0.5) is 0 Å². The van der Waals surface area contributed by atoms with Gasteiger partial charge in [-0.05, 0) is 25.5 Å². The maximum absolute atomic E-state index is 4.17. The molecule has 0 aliphatic rings. The van der Waals surface area contributed by atoms with Gasteiger partial charge in [-0.1, -0.05) is 26.7 Å². The third-order valence-corrected chi connectivity index (χ3v) is 1.60. The van der Waals surface area contributed by atoms with Crippen molar-refractivity contribution in [1.29, 1.82) is 0 Å². The molecule has 10 heavy (non-hydrogen) atoms. The first-order valence-corrected chi connectivity index (χ1v) is 4.29. The van der Waals surface area contributed by atoms with Gasteiger partial charge in [0, 0.05) is 6.54 Å². The maximum Gasteiger partial charge on any atom is 0.0357 e. The van der Waals surface area contributed by atoms with Crippen LogP contribution in [0.15, 0.2) is 4.99 Å². The molecule has 1 nitrogen and oxygen atoms in total. The van der Waals surface area contributed by atoms with Crippen molar-refractivity contribution in [1.82, 2.24) is 0 Å². The van der Waals surface area contributed by atoms with E-state index < -0.39 is 0 Å². The molecule has 0 aliphatic heterocycles. The average Bonchev–Trinajstić information content (AvgIpc) is 1.89. The van der Waals surface area contributed by atoms with E-state index >= 15 is 0 Å². The lowest BCUT2D eigenvalue weighted by Crippen LogP contribution is -1.94. The summed E-state index contributed by atoms with van der Waals surface area (Å²) in [5.74, 6) is 0.820. The molecule has 0 aliphatic carbocycles. The van der Waals surface area contributed by atoms with Crippen LogP contribution in [0.3, 0.4) is 0 Å². The number of rotatable bonds is 5. The second-order valence-electron chi connectivity index (χ2n) is 2.81. The van der Waals surface area contributed by atoms with Gasteiger partial charge in [-0.15, -0.1) is 0 Å². The van der Waals surface area contributed by atoms with Gasteiger partial charge >= 0.3 is 0 Å². The molecule has 0 fully saturated rings. The topological polar surface area (TPSA) is 12.4 Å². The van der Waals surface area contributed by atoms with Crippen molar-refractivity contribution in [3.8, 4) is 0 Å². The highest BCUT2D eigenvalue weighted by molar-refractivity contribution is 5.57. The van der Waals surface area contributed by atoms with Crippen molar-refractivity contribution < 1.29 is 0 Å². The minimum absolute atomic E-state index is 0.820. The molecular weight excluding hydrogens is 122 g/mol. The fraction of sp³-hybridized carbons (Fsp3) is 0.889. The predicted octanol–water partition coefficient (Wildman–Crippen LogP) is 2.90. The summed E-state index contributed by atoms with van der Waals surface area (Å²) < 4.78 is 0. The predicted molar refractivity (Wildman–Crippen MR) is 47.7 cm³/mol. The fourth-order valence-electron chi connectivity index (χ4n) is 0.994. The van der Waals surface area contributed by atoms with Crippen LogP contribution in [-0.2, 0) is 0 Å². The molecule has 0 heterocycles. The largest absolute Gasteiger partial charge is 0.298 e. The van der Waals surface area contributed by atoms with Crippen LogP contribution >= 0.6 is 0 Å². The molecule has 0 N–H and O–H groups in total. The summed E-state index contributed by atoms with van der Waals surface area (Å²) >= 11 is 0. The van der Waals surface area contributed by atoms with Crippen LogP contribution in [-0.4, -0.2) is 12.8 Å². The van der Waals surface area contributed by atoms with Crippen molar-refractivity contribution >= 4 is 6.21 Å². The fourth-order valence-corrected chi connectivity index (χ4v) is 0.994. The highest BCUT2D eigenvalue weighted by atomic mass is 14.7. The second kappa shape index (κ2) is 6.79. The Bertz CT molecular complexity index is 86.7. The zero-order valence-electron chi connectivity index (χ0n) is 7.43. The number of aliphatic imine (C=N–C) groups is 1. The van der Waals surface area contributed by atoms with E-state index in [4.69, 9.17) is 0 Å². The van der Waals surface area contributed by atoms with Crippen LogP contribution in [0.5, 0.6) is 0 Å². The third kappa shape index (κ3) is 5.80. The summed E-state index contributed by atoms with van der Waals surface area (Å²) in [6.45, 7) is 7.51. The minimum Gasteiger partial charge on any atom is -0.298 e. The molecule has 1 unspecified atom stereocenters. The monoisotopic (exact) mass is 141 g/mol. The Kier molecular flexibility index (Phi) is 6.56. The van der Waals surface area contributed by atoms with Crippen LogP contribution < -0.4 is 0 Å². The lowest BCUT2D eigenvalue weighted by Gasteiger charge is -2.03. The van der Waals surface area contributed by atoms with Crippen molar-refractivity contribution in [2.45, 2.75) is 40.0 Å². The van der Waals surface area contributed by atoms with E-state index in [-0.39, 0.29) is 0 Å². The van der Waals surface area contributed by atoms with Crippen molar-refractivity contribution in [3.63, 3.8) is 0 Å². The molecule has 60 valence electrons. The van der Waals surface area contributed by atoms with Gasteiger partial charge in [0.1, 0.15) is 0 Å². The van der Waals surface area contributed by atoms with Gasteiger partial charge in [0.05, 0.1) is 0 Å². The van der Waals surface area contributed by atoms with Gasteiger partial charge in [-0.2, -0.15) is 0 Å². The molecule has 0 bridgehead atoms. The zero-order valence-corrected chi connectivity index (χ0v) is 7.43. The summed E-state index contributed by atoms with van der Waals surface area (Å²) in [4.78, 5) is 4.17. The molecule has 1 atom stereocenters. The Labute approximate surface area is 64.6 Å². The Balaban J connectivity index is 3.20. The van der Waals surface area contributed by atoms with Crippen LogP contribution in [0.2, 0.25) is 0 Å². The Morgan fingerprint density at radius 1 is 1.40 bits per heavy atom. The van der Waals surface area contributed by atoms with Gasteiger partial charge in [0.25, 0.3) is 0 Å². The van der Waals surface area contributed by atoms with E-state index in [9.17, 15) is 0 Å². The molecule has 0 aromatic rings. The molecule has 0 saturated heterocycles. The summed E-state index contributed by atoms with van der Waals surface area (Å²) in [7, 11) is 0. The van der Waals surface area contributed by atoms with Gasteiger partial charge in [0.15, 0.2) is 0 Å². The summed E-state index contributed by atoms with van der Waals surface area (Å²) in [5.41, 5.74) is 0. The van der Waals surface area contributed by atoms with Gasteiger partial charge in [-0.3, -0.25) is 4.99 Å². The zero-order chi connectivity index (χ0) is 7.82. The lowest BCUT2D eigenvalue weighted by atomic mass is 10.0. The molecular formula is C9H19N. The van der Waals surface area contributed by atoms with Gasteiger partial charge in [-0.25, -0.2) is 0 Å². The smallest absolute Gasteiger partial charge is 0.0357 e. The molecule has 0 amide bonds. The first-order valence-electron chi connectivity index (χ1n) is 4.29.